The highest BCUT2D eigenvalue weighted by Gasteiger charge is 2.14. The molecule has 0 bridgehead atoms. The van der Waals surface area contributed by atoms with Crippen molar-refractivity contribution in [3.63, 3.8) is 0 Å². The lowest BCUT2D eigenvalue weighted by atomic mass is 10.2. The third-order valence-corrected chi connectivity index (χ3v) is 3.21. The highest BCUT2D eigenvalue weighted by molar-refractivity contribution is 6.31. The van der Waals surface area contributed by atoms with E-state index in [1.165, 1.54) is 0 Å². The Bertz CT molecular complexity index is 706. The molecular weight excluding hydrogens is 276 g/mol. The van der Waals surface area contributed by atoms with Gasteiger partial charge in [-0.15, -0.1) is 0 Å². The summed E-state index contributed by atoms with van der Waals surface area (Å²) in [6.45, 7) is 0.136. The normalized spacial score (nSPS) is 12.5. The van der Waals surface area contributed by atoms with Crippen LogP contribution in [0.3, 0.4) is 0 Å². The quantitative estimate of drug-likeness (QED) is 0.782. The smallest absolute Gasteiger partial charge is 0.145 e. The minimum atomic E-state index is -0.818. The van der Waals surface area contributed by atoms with Crippen LogP contribution >= 0.6 is 11.6 Å². The summed E-state index contributed by atoms with van der Waals surface area (Å²) in [6.07, 6.45) is -0.818. The van der Waals surface area contributed by atoms with Gasteiger partial charge in [-0.1, -0.05) is 29.8 Å². The number of furan rings is 1. The molecule has 1 atom stereocenters. The summed E-state index contributed by atoms with van der Waals surface area (Å²) >= 11 is 5.92. The SMILES string of the molecule is OC(COc1ccccc1)c1cc2cc(Cl)ccc2o1. The number of hydrogen-bond acceptors (Lipinski definition) is 3. The summed E-state index contributed by atoms with van der Waals surface area (Å²) in [5, 5.41) is 11.6. The van der Waals surface area contributed by atoms with E-state index in [9.17, 15) is 5.11 Å². The lowest BCUT2D eigenvalue weighted by Crippen LogP contribution is -2.08. The highest BCUT2D eigenvalue weighted by Crippen LogP contribution is 2.26. The van der Waals surface area contributed by atoms with Crippen LogP contribution in [0.15, 0.2) is 59.0 Å². The van der Waals surface area contributed by atoms with Crippen molar-refractivity contribution in [2.45, 2.75) is 6.10 Å². The summed E-state index contributed by atoms with van der Waals surface area (Å²) in [5.74, 6) is 1.18. The van der Waals surface area contributed by atoms with Gasteiger partial charge in [0.25, 0.3) is 0 Å². The second-order valence-electron chi connectivity index (χ2n) is 4.47. The maximum Gasteiger partial charge on any atom is 0.145 e. The molecule has 4 heteroatoms. The molecule has 0 radical (unpaired) electrons. The van der Waals surface area contributed by atoms with Gasteiger partial charge < -0.3 is 14.3 Å². The Hall–Kier alpha value is -1.97. The molecule has 3 aromatic rings. The maximum absolute atomic E-state index is 10.1. The summed E-state index contributed by atoms with van der Waals surface area (Å²) < 4.78 is 11.1. The number of para-hydroxylation sites is 1. The predicted molar refractivity (Wildman–Crippen MR) is 78.1 cm³/mol. The van der Waals surface area contributed by atoms with Crippen LogP contribution in [0, 0.1) is 0 Å². The Balaban J connectivity index is 1.73. The number of halogens is 1. The number of fused-ring (bicyclic) bond motifs is 1. The zero-order valence-corrected chi connectivity index (χ0v) is 11.4. The Labute approximate surface area is 121 Å². The van der Waals surface area contributed by atoms with E-state index in [1.54, 1.807) is 24.3 Å². The summed E-state index contributed by atoms with van der Waals surface area (Å²) in [6, 6.07) is 16.5. The zero-order valence-electron chi connectivity index (χ0n) is 10.6. The van der Waals surface area contributed by atoms with Gasteiger partial charge in [0.2, 0.25) is 0 Å². The average molecular weight is 289 g/mol. The van der Waals surface area contributed by atoms with Gasteiger partial charge in [0.1, 0.15) is 29.8 Å². The third-order valence-electron chi connectivity index (χ3n) is 2.98. The van der Waals surface area contributed by atoms with Crippen molar-refractivity contribution in [2.24, 2.45) is 0 Å². The summed E-state index contributed by atoms with van der Waals surface area (Å²) in [4.78, 5) is 0. The molecule has 0 aliphatic carbocycles. The van der Waals surface area contributed by atoms with Crippen LogP contribution in [0.4, 0.5) is 0 Å². The topological polar surface area (TPSA) is 42.6 Å². The number of rotatable bonds is 4. The van der Waals surface area contributed by atoms with Crippen LogP contribution in [-0.4, -0.2) is 11.7 Å². The van der Waals surface area contributed by atoms with E-state index in [4.69, 9.17) is 20.8 Å². The van der Waals surface area contributed by atoms with Gasteiger partial charge in [0, 0.05) is 10.4 Å². The first kappa shape index (κ1) is 13.0. The molecule has 1 heterocycles. The molecule has 1 aromatic heterocycles. The Morgan fingerprint density at radius 1 is 1.10 bits per heavy atom. The van der Waals surface area contributed by atoms with E-state index in [0.717, 1.165) is 5.39 Å². The molecule has 0 amide bonds. The van der Waals surface area contributed by atoms with E-state index >= 15 is 0 Å². The molecule has 2 aromatic carbocycles. The zero-order chi connectivity index (χ0) is 13.9. The molecule has 0 aliphatic rings. The lowest BCUT2D eigenvalue weighted by Gasteiger charge is -2.09. The molecule has 0 saturated carbocycles. The molecule has 20 heavy (non-hydrogen) atoms. The highest BCUT2D eigenvalue weighted by atomic mass is 35.5. The number of aliphatic hydroxyl groups is 1. The van der Waals surface area contributed by atoms with E-state index < -0.39 is 6.10 Å². The fourth-order valence-electron chi connectivity index (χ4n) is 1.97. The van der Waals surface area contributed by atoms with Gasteiger partial charge in [-0.2, -0.15) is 0 Å². The van der Waals surface area contributed by atoms with E-state index in [0.29, 0.717) is 22.1 Å². The Kier molecular flexibility index (Phi) is 3.63. The molecule has 0 aliphatic heterocycles. The minimum absolute atomic E-state index is 0.136. The Morgan fingerprint density at radius 3 is 2.70 bits per heavy atom. The van der Waals surface area contributed by atoms with Crippen molar-refractivity contribution in [1.29, 1.82) is 0 Å². The first-order valence-electron chi connectivity index (χ1n) is 6.27. The van der Waals surface area contributed by atoms with Crippen molar-refractivity contribution in [3.8, 4) is 5.75 Å². The van der Waals surface area contributed by atoms with Crippen LogP contribution in [0.2, 0.25) is 5.02 Å². The standard InChI is InChI=1S/C16H13ClO3/c17-12-6-7-15-11(8-12)9-16(20-15)14(18)10-19-13-4-2-1-3-5-13/h1-9,14,18H,10H2. The molecule has 0 fully saturated rings. The minimum Gasteiger partial charge on any atom is -0.490 e. The first-order chi connectivity index (χ1) is 9.72. The van der Waals surface area contributed by atoms with Gasteiger partial charge in [-0.05, 0) is 36.4 Å². The van der Waals surface area contributed by atoms with Crippen molar-refractivity contribution in [3.05, 3.63) is 65.4 Å². The Morgan fingerprint density at radius 2 is 1.90 bits per heavy atom. The van der Waals surface area contributed by atoms with Crippen LogP contribution < -0.4 is 4.74 Å². The van der Waals surface area contributed by atoms with Crippen LogP contribution in [0.5, 0.6) is 5.75 Å². The summed E-state index contributed by atoms with van der Waals surface area (Å²) in [5.41, 5.74) is 0.697. The molecule has 0 spiro atoms. The van der Waals surface area contributed by atoms with Crippen molar-refractivity contribution < 1.29 is 14.3 Å². The molecule has 0 saturated heterocycles. The first-order valence-corrected chi connectivity index (χ1v) is 6.65. The molecular formula is C16H13ClO3. The second-order valence-corrected chi connectivity index (χ2v) is 4.91. The molecule has 3 nitrogen and oxygen atoms in total. The van der Waals surface area contributed by atoms with Gasteiger partial charge in [-0.25, -0.2) is 0 Å². The fourth-order valence-corrected chi connectivity index (χ4v) is 2.15. The van der Waals surface area contributed by atoms with Gasteiger partial charge in [-0.3, -0.25) is 0 Å². The van der Waals surface area contributed by atoms with Crippen molar-refractivity contribution >= 4 is 22.6 Å². The predicted octanol–water partition coefficient (Wildman–Crippen LogP) is 4.20. The number of hydrogen-bond donors (Lipinski definition) is 1. The largest absolute Gasteiger partial charge is 0.490 e. The monoisotopic (exact) mass is 288 g/mol. The van der Waals surface area contributed by atoms with Crippen molar-refractivity contribution in [2.75, 3.05) is 6.61 Å². The van der Waals surface area contributed by atoms with Gasteiger partial charge in [0.15, 0.2) is 0 Å². The second kappa shape index (κ2) is 5.57. The molecule has 1 unspecified atom stereocenters. The third kappa shape index (κ3) is 2.79. The summed E-state index contributed by atoms with van der Waals surface area (Å²) in [7, 11) is 0. The molecule has 3 rings (SSSR count). The maximum atomic E-state index is 10.1. The van der Waals surface area contributed by atoms with E-state index in [-0.39, 0.29) is 6.61 Å². The van der Waals surface area contributed by atoms with Crippen molar-refractivity contribution in [1.82, 2.24) is 0 Å². The molecule has 102 valence electrons. The van der Waals surface area contributed by atoms with Gasteiger partial charge in [0.05, 0.1) is 0 Å². The number of benzene rings is 2. The number of ether oxygens (including phenoxy) is 1. The van der Waals surface area contributed by atoms with Crippen LogP contribution in [-0.2, 0) is 0 Å². The number of aliphatic hydroxyl groups excluding tert-OH is 1. The fraction of sp³-hybridized carbons (Fsp3) is 0.125. The average Bonchev–Trinajstić information content (AvgIpc) is 2.89. The van der Waals surface area contributed by atoms with E-state index in [2.05, 4.69) is 0 Å². The van der Waals surface area contributed by atoms with Crippen LogP contribution in [0.25, 0.3) is 11.0 Å². The van der Waals surface area contributed by atoms with Crippen LogP contribution in [0.1, 0.15) is 11.9 Å². The van der Waals surface area contributed by atoms with E-state index in [1.807, 2.05) is 30.3 Å². The lowest BCUT2D eigenvalue weighted by molar-refractivity contribution is 0.0903. The van der Waals surface area contributed by atoms with Gasteiger partial charge >= 0.3 is 0 Å². The molecule has 1 N–H and O–H groups in total.